The lowest BCUT2D eigenvalue weighted by molar-refractivity contribution is -0.116. The molecule has 0 radical (unpaired) electrons. The molecule has 0 spiro atoms. The van der Waals surface area contributed by atoms with E-state index < -0.39 is 0 Å². The van der Waals surface area contributed by atoms with Crippen LogP contribution in [0, 0.1) is 0 Å². The van der Waals surface area contributed by atoms with Gasteiger partial charge in [0.25, 0.3) is 0 Å². The Balaban J connectivity index is 1.49. The van der Waals surface area contributed by atoms with Gasteiger partial charge in [-0.2, -0.15) is 0 Å². The van der Waals surface area contributed by atoms with Gasteiger partial charge in [0, 0.05) is 17.4 Å². The summed E-state index contributed by atoms with van der Waals surface area (Å²) in [5, 5.41) is 5.32. The first-order valence-corrected chi connectivity index (χ1v) is 12.0. The third-order valence-corrected chi connectivity index (χ3v) is 6.24. The predicted molar refractivity (Wildman–Crippen MR) is 132 cm³/mol. The fraction of sp³-hybridized carbons (Fsp3) is 0.333. The molecule has 0 unspecified atom stereocenters. The van der Waals surface area contributed by atoms with Crippen molar-refractivity contribution in [2.75, 3.05) is 26.1 Å². The van der Waals surface area contributed by atoms with E-state index >= 15 is 0 Å². The Morgan fingerprint density at radius 1 is 1.09 bits per heavy atom. The van der Waals surface area contributed by atoms with Crippen LogP contribution in [0.3, 0.4) is 0 Å². The van der Waals surface area contributed by atoms with Crippen LogP contribution in [0.1, 0.15) is 38.2 Å². The number of nitrogens with zero attached hydrogens (tertiary/aromatic N) is 1. The van der Waals surface area contributed by atoms with Crippen molar-refractivity contribution in [1.82, 2.24) is 4.98 Å². The van der Waals surface area contributed by atoms with Gasteiger partial charge >= 0.3 is 0 Å². The number of halogens is 1. The molecule has 6 nitrogen and oxygen atoms in total. The van der Waals surface area contributed by atoms with Crippen molar-refractivity contribution < 1.29 is 19.0 Å². The van der Waals surface area contributed by atoms with Crippen LogP contribution in [0.15, 0.2) is 46.3 Å². The first-order chi connectivity index (χ1) is 15.4. The van der Waals surface area contributed by atoms with Crippen LogP contribution in [-0.4, -0.2) is 31.7 Å². The second-order valence-corrected chi connectivity index (χ2v) is 9.16. The molecular weight excluding hydrogens is 492 g/mol. The molecule has 3 rings (SSSR count). The molecule has 3 aromatic rings. The van der Waals surface area contributed by atoms with Crippen LogP contribution in [0.25, 0.3) is 11.3 Å². The Kier molecular flexibility index (Phi) is 8.53. The maximum Gasteiger partial charge on any atom is 0.226 e. The lowest BCUT2D eigenvalue weighted by Gasteiger charge is -2.11. The topological polar surface area (TPSA) is 69.7 Å². The summed E-state index contributed by atoms with van der Waals surface area (Å²) < 4.78 is 17.4. The van der Waals surface area contributed by atoms with Gasteiger partial charge in [0.2, 0.25) is 5.91 Å². The Morgan fingerprint density at radius 2 is 1.84 bits per heavy atom. The third-order valence-electron chi connectivity index (χ3n) is 4.86. The Hall–Kier alpha value is -2.58. The molecule has 2 aromatic carbocycles. The third kappa shape index (κ3) is 6.23. The molecular formula is C24H27BrN2O4S. The molecule has 0 aliphatic heterocycles. The summed E-state index contributed by atoms with van der Waals surface area (Å²) in [6.07, 6.45) is 0.963. The van der Waals surface area contributed by atoms with Gasteiger partial charge in [-0.25, -0.2) is 4.98 Å². The molecule has 0 atom stereocenters. The van der Waals surface area contributed by atoms with Crippen LogP contribution in [0.4, 0.5) is 5.13 Å². The standard InChI is InChI=1S/C24H27BrN2O4S/c1-15(2)16-7-9-20(18(25)12-16)31-11-5-6-23(28)27-24-26-19(14-32-24)17-8-10-21(29-3)22(13-17)30-4/h7-10,12-15H,5-6,11H2,1-4H3,(H,26,27,28). The number of amides is 1. The lowest BCUT2D eigenvalue weighted by Crippen LogP contribution is -2.12. The van der Waals surface area contributed by atoms with Gasteiger partial charge in [-0.3, -0.25) is 4.79 Å². The van der Waals surface area contributed by atoms with E-state index in [1.807, 2.05) is 29.6 Å². The fourth-order valence-corrected chi connectivity index (χ4v) is 4.30. The molecule has 0 saturated heterocycles. The van der Waals surface area contributed by atoms with Crippen molar-refractivity contribution in [2.24, 2.45) is 0 Å². The van der Waals surface area contributed by atoms with Crippen LogP contribution in [-0.2, 0) is 4.79 Å². The summed E-state index contributed by atoms with van der Waals surface area (Å²) in [6, 6.07) is 11.7. The average Bonchev–Trinajstić information content (AvgIpc) is 3.25. The summed E-state index contributed by atoms with van der Waals surface area (Å²) in [4.78, 5) is 16.8. The fourth-order valence-electron chi connectivity index (χ4n) is 3.05. The number of anilines is 1. The number of nitrogens with one attached hydrogen (secondary N) is 1. The van der Waals surface area contributed by atoms with E-state index in [4.69, 9.17) is 14.2 Å². The minimum absolute atomic E-state index is 0.0870. The highest BCUT2D eigenvalue weighted by Gasteiger charge is 2.11. The van der Waals surface area contributed by atoms with E-state index in [2.05, 4.69) is 52.2 Å². The summed E-state index contributed by atoms with van der Waals surface area (Å²) in [6.45, 7) is 4.77. The highest BCUT2D eigenvalue weighted by atomic mass is 79.9. The molecule has 0 aliphatic rings. The van der Waals surface area contributed by atoms with Crippen LogP contribution < -0.4 is 19.5 Å². The molecule has 1 N–H and O–H groups in total. The smallest absolute Gasteiger partial charge is 0.226 e. The molecule has 1 amide bonds. The first kappa shape index (κ1) is 24.1. The van der Waals surface area contributed by atoms with E-state index in [0.717, 1.165) is 21.5 Å². The first-order valence-electron chi connectivity index (χ1n) is 10.3. The second-order valence-electron chi connectivity index (χ2n) is 7.45. The van der Waals surface area contributed by atoms with Gasteiger partial charge in [0.15, 0.2) is 16.6 Å². The van der Waals surface area contributed by atoms with Crippen molar-refractivity contribution in [2.45, 2.75) is 32.6 Å². The quantitative estimate of drug-likeness (QED) is 0.309. The number of aromatic nitrogens is 1. The summed E-state index contributed by atoms with van der Waals surface area (Å²) in [5.41, 5.74) is 2.91. The van der Waals surface area contributed by atoms with Crippen LogP contribution in [0.2, 0.25) is 0 Å². The summed E-state index contributed by atoms with van der Waals surface area (Å²) in [7, 11) is 3.19. The molecule has 0 saturated carbocycles. The summed E-state index contributed by atoms with van der Waals surface area (Å²) in [5.74, 6) is 2.45. The van der Waals surface area contributed by atoms with Crippen molar-refractivity contribution in [3.05, 3.63) is 51.8 Å². The number of rotatable bonds is 10. The molecule has 0 aliphatic carbocycles. The minimum Gasteiger partial charge on any atom is -0.493 e. The predicted octanol–water partition coefficient (Wildman–Crippen LogP) is 6.51. The molecule has 8 heteroatoms. The molecule has 1 aromatic heterocycles. The highest BCUT2D eigenvalue weighted by molar-refractivity contribution is 9.10. The van der Waals surface area contributed by atoms with Crippen molar-refractivity contribution in [3.8, 4) is 28.5 Å². The number of carbonyl (C=O) groups excluding carboxylic acids is 1. The number of benzene rings is 2. The summed E-state index contributed by atoms with van der Waals surface area (Å²) >= 11 is 4.94. The van der Waals surface area contributed by atoms with Crippen LogP contribution >= 0.6 is 27.3 Å². The number of thiazole rings is 1. The lowest BCUT2D eigenvalue weighted by atomic mass is 10.0. The molecule has 0 fully saturated rings. The van der Waals surface area contributed by atoms with Gasteiger partial charge in [-0.05, 0) is 64.2 Å². The number of hydrogen-bond donors (Lipinski definition) is 1. The van der Waals surface area contributed by atoms with Gasteiger partial charge in [-0.1, -0.05) is 19.9 Å². The highest BCUT2D eigenvalue weighted by Crippen LogP contribution is 2.33. The average molecular weight is 519 g/mol. The largest absolute Gasteiger partial charge is 0.493 e. The Bertz CT molecular complexity index is 1070. The van der Waals surface area contributed by atoms with Gasteiger partial charge < -0.3 is 19.5 Å². The normalized spacial score (nSPS) is 10.8. The van der Waals surface area contributed by atoms with E-state index in [1.165, 1.54) is 16.9 Å². The molecule has 170 valence electrons. The van der Waals surface area contributed by atoms with E-state index in [1.54, 1.807) is 14.2 Å². The monoisotopic (exact) mass is 518 g/mol. The van der Waals surface area contributed by atoms with Crippen molar-refractivity contribution in [1.29, 1.82) is 0 Å². The van der Waals surface area contributed by atoms with Gasteiger partial charge in [0.1, 0.15) is 5.75 Å². The van der Waals surface area contributed by atoms with Crippen LogP contribution in [0.5, 0.6) is 17.2 Å². The van der Waals surface area contributed by atoms with Gasteiger partial charge in [0.05, 0.1) is 31.0 Å². The van der Waals surface area contributed by atoms with Gasteiger partial charge in [-0.15, -0.1) is 11.3 Å². The van der Waals surface area contributed by atoms with E-state index in [9.17, 15) is 4.79 Å². The second kappa shape index (κ2) is 11.3. The van der Waals surface area contributed by atoms with E-state index in [0.29, 0.717) is 42.0 Å². The zero-order valence-corrected chi connectivity index (χ0v) is 21.0. The molecule has 0 bridgehead atoms. The number of methoxy groups -OCH3 is 2. The maximum absolute atomic E-state index is 12.3. The minimum atomic E-state index is -0.0870. The zero-order chi connectivity index (χ0) is 23.1. The Morgan fingerprint density at radius 3 is 2.53 bits per heavy atom. The Labute approximate surface area is 201 Å². The van der Waals surface area contributed by atoms with Crippen molar-refractivity contribution >= 4 is 38.3 Å². The number of carbonyl (C=O) groups is 1. The molecule has 1 heterocycles. The maximum atomic E-state index is 12.3. The number of ether oxygens (including phenoxy) is 3. The zero-order valence-electron chi connectivity index (χ0n) is 18.6. The van der Waals surface area contributed by atoms with E-state index in [-0.39, 0.29) is 5.91 Å². The molecule has 32 heavy (non-hydrogen) atoms. The van der Waals surface area contributed by atoms with Crippen molar-refractivity contribution in [3.63, 3.8) is 0 Å². The number of hydrogen-bond acceptors (Lipinski definition) is 6. The SMILES string of the molecule is COc1ccc(-c2csc(NC(=O)CCCOc3ccc(C(C)C)cc3Br)n2)cc1OC.